The molecule has 2 heterocycles. The van der Waals surface area contributed by atoms with Crippen LogP contribution in [0.5, 0.6) is 0 Å². The number of H-pyrrole nitrogens is 1. The maximum atomic E-state index is 12.5. The summed E-state index contributed by atoms with van der Waals surface area (Å²) in [5.41, 5.74) is 8.92. The van der Waals surface area contributed by atoms with E-state index in [9.17, 15) is 4.79 Å². The lowest BCUT2D eigenvalue weighted by Crippen LogP contribution is -2.15. The molecule has 4 rings (SSSR count). The molecule has 5 heteroatoms. The van der Waals surface area contributed by atoms with Crippen molar-refractivity contribution < 1.29 is 9.21 Å². The van der Waals surface area contributed by atoms with Gasteiger partial charge in [-0.25, -0.2) is 4.98 Å². The van der Waals surface area contributed by atoms with Gasteiger partial charge in [-0.1, -0.05) is 50.3 Å². The van der Waals surface area contributed by atoms with Gasteiger partial charge in [0.2, 0.25) is 5.89 Å². The van der Waals surface area contributed by atoms with E-state index in [1.807, 2.05) is 24.4 Å². The standard InChI is InChI=1S/C21H25N3O2/c22-17(11-15-12-23-18-9-5-4-8-16(15)18)21-24-19(13-26-21)20(25)10-14-6-2-1-3-7-14/h4-5,8-9,12-14,17,23H,1-3,6-7,10-11,22H2/t17-/m0/s1. The molecule has 0 unspecified atom stereocenters. The topological polar surface area (TPSA) is 84.9 Å². The molecule has 0 saturated heterocycles. The van der Waals surface area contributed by atoms with E-state index in [1.165, 1.54) is 25.5 Å². The summed E-state index contributed by atoms with van der Waals surface area (Å²) in [6.07, 6.45) is 10.7. The summed E-state index contributed by atoms with van der Waals surface area (Å²) < 4.78 is 5.53. The molecule has 3 N–H and O–H groups in total. The molecular formula is C21H25N3O2. The number of benzene rings is 1. The Balaban J connectivity index is 1.42. The number of hydrogen-bond acceptors (Lipinski definition) is 4. The molecule has 1 fully saturated rings. The number of fused-ring (bicyclic) bond motifs is 1. The third-order valence-corrected chi connectivity index (χ3v) is 5.44. The minimum Gasteiger partial charge on any atom is -0.446 e. The highest BCUT2D eigenvalue weighted by Gasteiger charge is 2.22. The van der Waals surface area contributed by atoms with Crippen LogP contribution in [-0.4, -0.2) is 15.8 Å². The number of hydrogen-bond donors (Lipinski definition) is 2. The van der Waals surface area contributed by atoms with Gasteiger partial charge in [0.25, 0.3) is 0 Å². The van der Waals surface area contributed by atoms with Gasteiger partial charge in [0, 0.05) is 23.5 Å². The normalized spacial score (nSPS) is 16.8. The molecule has 5 nitrogen and oxygen atoms in total. The van der Waals surface area contributed by atoms with E-state index in [1.54, 1.807) is 0 Å². The molecule has 0 aliphatic heterocycles. The highest BCUT2D eigenvalue weighted by molar-refractivity contribution is 5.94. The van der Waals surface area contributed by atoms with Crippen LogP contribution < -0.4 is 5.73 Å². The quantitative estimate of drug-likeness (QED) is 0.638. The summed E-state index contributed by atoms with van der Waals surface area (Å²) in [7, 11) is 0. The number of nitrogens with two attached hydrogens (primary N) is 1. The van der Waals surface area contributed by atoms with Gasteiger partial charge in [0.05, 0.1) is 6.04 Å². The number of para-hydroxylation sites is 1. The van der Waals surface area contributed by atoms with Crippen molar-refractivity contribution in [3.8, 4) is 0 Å². The van der Waals surface area contributed by atoms with Gasteiger partial charge >= 0.3 is 0 Å². The Morgan fingerprint density at radius 3 is 2.92 bits per heavy atom. The van der Waals surface area contributed by atoms with Crippen molar-refractivity contribution in [3.05, 3.63) is 53.9 Å². The van der Waals surface area contributed by atoms with E-state index in [0.717, 1.165) is 29.3 Å². The highest BCUT2D eigenvalue weighted by atomic mass is 16.3. The third-order valence-electron chi connectivity index (χ3n) is 5.44. The van der Waals surface area contributed by atoms with Crippen LogP contribution >= 0.6 is 0 Å². The van der Waals surface area contributed by atoms with Crippen LogP contribution in [0, 0.1) is 5.92 Å². The number of nitrogens with zero attached hydrogens (tertiary/aromatic N) is 1. The number of ketones is 1. The van der Waals surface area contributed by atoms with E-state index in [4.69, 9.17) is 10.2 Å². The van der Waals surface area contributed by atoms with E-state index < -0.39 is 0 Å². The predicted octanol–water partition coefficient (Wildman–Crippen LogP) is 4.55. The SMILES string of the molecule is N[C@@H](Cc1c[nH]c2ccccc12)c1nc(C(=O)CC2CCCCC2)co1. The first-order valence-corrected chi connectivity index (χ1v) is 9.50. The summed E-state index contributed by atoms with van der Waals surface area (Å²) in [5.74, 6) is 1.00. The Morgan fingerprint density at radius 1 is 1.27 bits per heavy atom. The molecule has 1 atom stereocenters. The van der Waals surface area contributed by atoms with Crippen LogP contribution in [0.2, 0.25) is 0 Å². The number of nitrogens with one attached hydrogen (secondary N) is 1. The van der Waals surface area contributed by atoms with Gasteiger partial charge in [-0.3, -0.25) is 4.79 Å². The Morgan fingerprint density at radius 2 is 2.08 bits per heavy atom. The molecule has 0 amide bonds. The van der Waals surface area contributed by atoms with Crippen molar-refractivity contribution in [1.29, 1.82) is 0 Å². The smallest absolute Gasteiger partial charge is 0.211 e. The lowest BCUT2D eigenvalue weighted by Gasteiger charge is -2.20. The first kappa shape index (κ1) is 17.0. The Hall–Kier alpha value is -2.40. The second-order valence-corrected chi connectivity index (χ2v) is 7.37. The van der Waals surface area contributed by atoms with Crippen LogP contribution in [0.4, 0.5) is 0 Å². The summed E-state index contributed by atoms with van der Waals surface area (Å²) in [6, 6.07) is 7.75. The first-order valence-electron chi connectivity index (χ1n) is 9.50. The highest BCUT2D eigenvalue weighted by Crippen LogP contribution is 2.28. The molecule has 136 valence electrons. The molecule has 0 radical (unpaired) electrons. The summed E-state index contributed by atoms with van der Waals surface area (Å²) in [6.45, 7) is 0. The molecular weight excluding hydrogens is 326 g/mol. The summed E-state index contributed by atoms with van der Waals surface area (Å²) >= 11 is 0. The molecule has 0 bridgehead atoms. The fourth-order valence-corrected chi connectivity index (χ4v) is 3.97. The maximum Gasteiger partial charge on any atom is 0.211 e. The minimum atomic E-state index is -0.370. The second-order valence-electron chi connectivity index (χ2n) is 7.37. The monoisotopic (exact) mass is 351 g/mol. The van der Waals surface area contributed by atoms with Crippen LogP contribution in [0.3, 0.4) is 0 Å². The molecule has 1 saturated carbocycles. The molecule has 3 aromatic rings. The number of aromatic nitrogens is 2. The van der Waals surface area contributed by atoms with E-state index in [2.05, 4.69) is 16.0 Å². The van der Waals surface area contributed by atoms with Crippen molar-refractivity contribution in [1.82, 2.24) is 9.97 Å². The van der Waals surface area contributed by atoms with Crippen LogP contribution in [0.1, 0.15) is 66.5 Å². The average Bonchev–Trinajstić information content (AvgIpc) is 3.30. The van der Waals surface area contributed by atoms with Gasteiger partial charge < -0.3 is 15.1 Å². The van der Waals surface area contributed by atoms with Gasteiger partial charge in [0.1, 0.15) is 12.0 Å². The predicted molar refractivity (Wildman–Crippen MR) is 101 cm³/mol. The zero-order valence-electron chi connectivity index (χ0n) is 14.9. The minimum absolute atomic E-state index is 0.0752. The van der Waals surface area contributed by atoms with E-state index in [-0.39, 0.29) is 11.8 Å². The lowest BCUT2D eigenvalue weighted by molar-refractivity contribution is 0.0945. The van der Waals surface area contributed by atoms with Gasteiger partial charge in [-0.2, -0.15) is 0 Å². The maximum absolute atomic E-state index is 12.5. The zero-order chi connectivity index (χ0) is 17.9. The number of carbonyl (C=O) groups is 1. The zero-order valence-corrected chi connectivity index (χ0v) is 14.9. The van der Waals surface area contributed by atoms with Crippen molar-refractivity contribution >= 4 is 16.7 Å². The second kappa shape index (κ2) is 7.46. The molecule has 26 heavy (non-hydrogen) atoms. The number of rotatable bonds is 6. The van der Waals surface area contributed by atoms with Crippen LogP contribution in [0.25, 0.3) is 10.9 Å². The van der Waals surface area contributed by atoms with Crippen molar-refractivity contribution in [2.75, 3.05) is 0 Å². The molecule has 0 spiro atoms. The number of oxazole rings is 1. The van der Waals surface area contributed by atoms with Crippen molar-refractivity contribution in [3.63, 3.8) is 0 Å². The number of carbonyl (C=O) groups excluding carboxylic acids is 1. The Labute approximate surface area is 153 Å². The molecule has 1 aliphatic rings. The molecule has 1 aliphatic carbocycles. The number of aromatic amines is 1. The summed E-state index contributed by atoms with van der Waals surface area (Å²) in [5, 5.41) is 1.16. The third kappa shape index (κ3) is 3.58. The van der Waals surface area contributed by atoms with Crippen molar-refractivity contribution in [2.45, 2.75) is 51.0 Å². The van der Waals surface area contributed by atoms with E-state index in [0.29, 0.717) is 30.3 Å². The van der Waals surface area contributed by atoms with Crippen LogP contribution in [-0.2, 0) is 6.42 Å². The largest absolute Gasteiger partial charge is 0.446 e. The first-order chi connectivity index (χ1) is 12.7. The lowest BCUT2D eigenvalue weighted by atomic mass is 9.85. The summed E-state index contributed by atoms with van der Waals surface area (Å²) in [4.78, 5) is 20.1. The Kier molecular flexibility index (Phi) is 4.89. The Bertz CT molecular complexity index is 889. The number of Topliss-reactive ketones (excluding diaryl/α,β-unsaturated/α-hetero) is 1. The van der Waals surface area contributed by atoms with Crippen molar-refractivity contribution in [2.24, 2.45) is 11.7 Å². The molecule has 2 aromatic heterocycles. The fourth-order valence-electron chi connectivity index (χ4n) is 3.97. The van der Waals surface area contributed by atoms with Gasteiger partial charge in [0.15, 0.2) is 5.78 Å². The average molecular weight is 351 g/mol. The fraction of sp³-hybridized carbons (Fsp3) is 0.429. The van der Waals surface area contributed by atoms with E-state index >= 15 is 0 Å². The molecule has 1 aromatic carbocycles. The van der Waals surface area contributed by atoms with Crippen LogP contribution in [0.15, 0.2) is 41.1 Å². The van der Waals surface area contributed by atoms with Gasteiger partial charge in [-0.05, 0) is 24.0 Å². The van der Waals surface area contributed by atoms with Gasteiger partial charge in [-0.15, -0.1) is 0 Å².